The number of rotatable bonds is 14. The molecule has 0 spiro atoms. The average Bonchev–Trinajstić information content (AvgIpc) is 2.96. The molecule has 12 nitrogen and oxygen atoms in total. The van der Waals surface area contributed by atoms with Crippen molar-refractivity contribution in [2.45, 2.75) is 64.7 Å². The highest BCUT2D eigenvalue weighted by molar-refractivity contribution is 6.76. The van der Waals surface area contributed by atoms with Crippen molar-refractivity contribution >= 4 is 25.6 Å². The van der Waals surface area contributed by atoms with E-state index in [4.69, 9.17) is 9.57 Å². The summed E-state index contributed by atoms with van der Waals surface area (Å²) in [5.74, 6) is -0.215. The summed E-state index contributed by atoms with van der Waals surface area (Å²) in [6.45, 7) is 10.8. The van der Waals surface area contributed by atoms with Gasteiger partial charge in [-0.05, 0) is 13.0 Å². The van der Waals surface area contributed by atoms with E-state index in [1.807, 2.05) is 0 Å². The number of hydrogen-bond donors (Lipinski definition) is 1. The number of nitrogens with zero attached hydrogens (tertiary/aromatic N) is 7. The molecule has 0 unspecified atom stereocenters. The van der Waals surface area contributed by atoms with Gasteiger partial charge in [0.05, 0.1) is 17.4 Å². The molecule has 0 radical (unpaired) electrons. The second-order valence-electron chi connectivity index (χ2n) is 12.0. The highest BCUT2D eigenvalue weighted by Crippen LogP contribution is 2.32. The van der Waals surface area contributed by atoms with Crippen LogP contribution in [0.2, 0.25) is 25.7 Å². The molecule has 258 valence electrons. The first kappa shape index (κ1) is 37.2. The van der Waals surface area contributed by atoms with Crippen molar-refractivity contribution < 1.29 is 40.7 Å². The lowest BCUT2D eigenvalue weighted by atomic mass is 10.2. The number of carbonyl (C=O) groups is 1. The summed E-state index contributed by atoms with van der Waals surface area (Å²) in [5.41, 5.74) is -4.14. The SMILES string of the molecule is CCN(C[C@H](C)Nc1cnn(COCC[Si](C)(C)C)c(=O)c1C(F)(F)F)OCC(=O)N1CCN(c2ncc(C(F)(F)F)cn2)CC1. The van der Waals surface area contributed by atoms with Gasteiger partial charge >= 0.3 is 12.4 Å². The molecular weight excluding hydrogens is 642 g/mol. The summed E-state index contributed by atoms with van der Waals surface area (Å²) in [6, 6.07) is 0.137. The van der Waals surface area contributed by atoms with Gasteiger partial charge in [0, 0.05) is 72.4 Å². The maximum absolute atomic E-state index is 13.9. The van der Waals surface area contributed by atoms with Crippen LogP contribution in [0, 0.1) is 0 Å². The minimum absolute atomic E-state index is 0.0724. The minimum atomic E-state index is -4.95. The summed E-state index contributed by atoms with van der Waals surface area (Å²) in [6.07, 6.45) is -7.12. The Morgan fingerprint density at radius 3 is 2.22 bits per heavy atom. The van der Waals surface area contributed by atoms with Crippen molar-refractivity contribution in [3.63, 3.8) is 0 Å². The van der Waals surface area contributed by atoms with Gasteiger partial charge < -0.3 is 19.9 Å². The van der Waals surface area contributed by atoms with Crippen molar-refractivity contribution in [3.8, 4) is 0 Å². The number of anilines is 2. The van der Waals surface area contributed by atoms with Crippen molar-refractivity contribution in [3.05, 3.63) is 40.1 Å². The number of aromatic nitrogens is 4. The van der Waals surface area contributed by atoms with Crippen LogP contribution in [0.5, 0.6) is 0 Å². The molecule has 1 fully saturated rings. The first-order valence-corrected chi connectivity index (χ1v) is 18.4. The Bertz CT molecular complexity index is 1350. The van der Waals surface area contributed by atoms with E-state index < -0.39 is 55.6 Å². The van der Waals surface area contributed by atoms with E-state index in [9.17, 15) is 35.9 Å². The lowest BCUT2D eigenvalue weighted by molar-refractivity contribution is -0.176. The molecule has 1 N–H and O–H groups in total. The van der Waals surface area contributed by atoms with E-state index in [1.165, 1.54) is 9.96 Å². The molecule has 0 aliphatic carbocycles. The van der Waals surface area contributed by atoms with Crippen LogP contribution < -0.4 is 15.8 Å². The Morgan fingerprint density at radius 1 is 1.04 bits per heavy atom. The molecule has 0 bridgehead atoms. The van der Waals surface area contributed by atoms with Crippen LogP contribution in [-0.2, 0) is 33.5 Å². The number of alkyl halides is 6. The summed E-state index contributed by atoms with van der Waals surface area (Å²) < 4.78 is 86.2. The average molecular weight is 683 g/mol. The smallest absolute Gasteiger partial charge is 0.379 e. The van der Waals surface area contributed by atoms with Gasteiger partial charge in [0.1, 0.15) is 18.9 Å². The number of nitrogens with one attached hydrogen (secondary N) is 1. The zero-order valence-corrected chi connectivity index (χ0v) is 27.4. The van der Waals surface area contributed by atoms with Crippen molar-refractivity contribution in [1.82, 2.24) is 29.7 Å². The molecule has 3 rings (SSSR count). The van der Waals surface area contributed by atoms with E-state index in [-0.39, 0.29) is 38.1 Å². The van der Waals surface area contributed by atoms with Gasteiger partial charge in [0.25, 0.3) is 11.5 Å². The normalized spacial score (nSPS) is 15.4. The first-order chi connectivity index (χ1) is 21.4. The zero-order chi connectivity index (χ0) is 34.3. The number of carbonyl (C=O) groups excluding carboxylic acids is 1. The van der Waals surface area contributed by atoms with Crippen LogP contribution in [0.15, 0.2) is 23.4 Å². The Morgan fingerprint density at radius 2 is 1.67 bits per heavy atom. The number of amides is 1. The van der Waals surface area contributed by atoms with E-state index in [0.29, 0.717) is 43.3 Å². The minimum Gasteiger partial charge on any atom is -0.379 e. The topological polar surface area (TPSA) is 118 Å². The van der Waals surface area contributed by atoms with E-state index in [0.717, 1.165) is 12.2 Å². The van der Waals surface area contributed by atoms with Crippen LogP contribution in [0.3, 0.4) is 0 Å². The lowest BCUT2D eigenvalue weighted by Gasteiger charge is -2.35. The lowest BCUT2D eigenvalue weighted by Crippen LogP contribution is -2.50. The second kappa shape index (κ2) is 15.5. The number of halogens is 6. The molecule has 3 heterocycles. The molecule has 0 aromatic carbocycles. The molecule has 1 aliphatic heterocycles. The number of hydrogen-bond acceptors (Lipinski definition) is 10. The Hall–Kier alpha value is -3.29. The summed E-state index contributed by atoms with van der Waals surface area (Å²) in [4.78, 5) is 41.9. The predicted molar refractivity (Wildman–Crippen MR) is 160 cm³/mol. The van der Waals surface area contributed by atoms with Crippen molar-refractivity contribution in [2.24, 2.45) is 0 Å². The highest BCUT2D eigenvalue weighted by atomic mass is 28.3. The molecule has 1 atom stereocenters. The predicted octanol–water partition coefficient (Wildman–Crippen LogP) is 3.79. The van der Waals surface area contributed by atoms with Gasteiger partial charge in [-0.2, -0.15) is 36.5 Å². The highest BCUT2D eigenvalue weighted by Gasteiger charge is 2.39. The maximum atomic E-state index is 13.9. The standard InChI is InChI=1S/C27H40F6N8O4Si/c1-6-40(45-17-22(42)38-7-9-39(10-8-38)25-34-13-20(14-35-25)26(28,29)30)16-19(2)37-21-15-36-41(18-44-11-12-46(3,4)5)24(43)23(21)27(31,32)33/h13-15,19,37H,6-12,16-18H2,1-5H3/t19-/m0/s1. The van der Waals surface area contributed by atoms with Gasteiger partial charge in [-0.25, -0.2) is 14.6 Å². The van der Waals surface area contributed by atoms with Crippen molar-refractivity contribution in [1.29, 1.82) is 0 Å². The fourth-order valence-corrected chi connectivity index (χ4v) is 5.16. The summed E-state index contributed by atoms with van der Waals surface area (Å²) >= 11 is 0. The zero-order valence-electron chi connectivity index (χ0n) is 26.4. The first-order valence-electron chi connectivity index (χ1n) is 14.7. The third kappa shape index (κ3) is 10.9. The van der Waals surface area contributed by atoms with Gasteiger partial charge in [-0.15, -0.1) is 0 Å². The fraction of sp³-hybridized carbons (Fsp3) is 0.667. The Kier molecular flexibility index (Phi) is 12.5. The number of hydroxylamine groups is 2. The molecule has 1 saturated heterocycles. The molecule has 46 heavy (non-hydrogen) atoms. The number of piperazine rings is 1. The molecular formula is C27H40F6N8O4Si. The Labute approximate surface area is 263 Å². The Balaban J connectivity index is 1.52. The van der Waals surface area contributed by atoms with E-state index >= 15 is 0 Å². The third-order valence-electron chi connectivity index (χ3n) is 7.02. The molecule has 1 aliphatic rings. The molecule has 0 saturated carbocycles. The van der Waals surface area contributed by atoms with Crippen LogP contribution in [-0.4, -0.2) is 102 Å². The molecule has 1 amide bonds. The second-order valence-corrected chi connectivity index (χ2v) is 17.6. The van der Waals surface area contributed by atoms with Crippen molar-refractivity contribution in [2.75, 3.05) is 62.7 Å². The summed E-state index contributed by atoms with van der Waals surface area (Å²) in [5, 5.41) is 7.97. The number of ether oxygens (including phenoxy) is 1. The van der Waals surface area contributed by atoms with Crippen LogP contribution in [0.4, 0.5) is 38.0 Å². The van der Waals surface area contributed by atoms with Gasteiger partial charge in [-0.3, -0.25) is 14.4 Å². The number of likely N-dealkylation sites (N-methyl/N-ethyl adjacent to an activating group) is 1. The summed E-state index contributed by atoms with van der Waals surface area (Å²) in [7, 11) is -1.43. The van der Waals surface area contributed by atoms with Gasteiger partial charge in [0.15, 0.2) is 0 Å². The van der Waals surface area contributed by atoms with Crippen LogP contribution in [0.1, 0.15) is 25.0 Å². The largest absolute Gasteiger partial charge is 0.423 e. The maximum Gasteiger partial charge on any atom is 0.423 e. The van der Waals surface area contributed by atoms with Gasteiger partial charge in [0.2, 0.25) is 5.95 Å². The monoisotopic (exact) mass is 682 g/mol. The quantitative estimate of drug-likeness (QED) is 0.137. The molecule has 2 aromatic rings. The molecule has 19 heteroatoms. The van der Waals surface area contributed by atoms with E-state index in [2.05, 4.69) is 40.0 Å². The van der Waals surface area contributed by atoms with Gasteiger partial charge in [-0.1, -0.05) is 26.6 Å². The van der Waals surface area contributed by atoms with E-state index in [1.54, 1.807) is 18.7 Å². The molecule has 2 aromatic heterocycles. The fourth-order valence-electron chi connectivity index (χ4n) is 4.41. The van der Waals surface area contributed by atoms with Crippen LogP contribution in [0.25, 0.3) is 0 Å². The third-order valence-corrected chi connectivity index (χ3v) is 8.72. The van der Waals surface area contributed by atoms with Crippen LogP contribution >= 0.6 is 0 Å².